The summed E-state index contributed by atoms with van der Waals surface area (Å²) >= 11 is 0. The van der Waals surface area contributed by atoms with Crippen molar-refractivity contribution in [3.05, 3.63) is 59.9 Å². The van der Waals surface area contributed by atoms with Crippen molar-refractivity contribution in [2.75, 3.05) is 31.0 Å². The van der Waals surface area contributed by atoms with E-state index in [0.29, 0.717) is 26.3 Å². The molecule has 0 aromatic heterocycles. The third kappa shape index (κ3) is 3.97. The zero-order valence-electron chi connectivity index (χ0n) is 13.3. The number of sulfonamides is 1. The molecule has 0 saturated carbocycles. The number of nitrogens with zero attached hydrogens (tertiary/aromatic N) is 1. The lowest BCUT2D eigenvalue weighted by atomic mass is 10.1. The van der Waals surface area contributed by atoms with Crippen LogP contribution in [0.15, 0.2) is 53.4 Å². The number of halogens is 1. The normalized spacial score (nSPS) is 15.0. The highest BCUT2D eigenvalue weighted by molar-refractivity contribution is 7.92. The number of hydrogen-bond acceptors (Lipinski definition) is 4. The lowest BCUT2D eigenvalue weighted by Gasteiger charge is -2.27. The number of benzene rings is 2. The third-order valence-corrected chi connectivity index (χ3v) is 5.17. The number of carbonyl (C=O) groups is 1. The van der Waals surface area contributed by atoms with E-state index in [9.17, 15) is 17.6 Å². The fraction of sp³-hybridized carbons (Fsp3) is 0.235. The molecule has 132 valence electrons. The van der Waals surface area contributed by atoms with Crippen LogP contribution in [0.25, 0.3) is 0 Å². The van der Waals surface area contributed by atoms with Crippen LogP contribution in [0.4, 0.5) is 10.1 Å². The molecule has 8 heteroatoms. The monoisotopic (exact) mass is 364 g/mol. The van der Waals surface area contributed by atoms with Crippen molar-refractivity contribution >= 4 is 21.6 Å². The first-order valence-corrected chi connectivity index (χ1v) is 9.20. The minimum absolute atomic E-state index is 0.156. The van der Waals surface area contributed by atoms with E-state index in [1.807, 2.05) is 0 Å². The van der Waals surface area contributed by atoms with Gasteiger partial charge in [-0.25, -0.2) is 12.8 Å². The molecule has 0 aliphatic carbocycles. The van der Waals surface area contributed by atoms with Gasteiger partial charge in [-0.1, -0.05) is 18.2 Å². The summed E-state index contributed by atoms with van der Waals surface area (Å²) < 4.78 is 45.9. The standard InChI is InChI=1S/C17H17FN2O4S/c18-13-4-3-5-14(12-13)25(22,23)19-16-7-2-1-6-15(16)17(21)20-8-10-24-11-9-20/h1-7,12,19H,8-11H2. The zero-order valence-corrected chi connectivity index (χ0v) is 14.1. The molecule has 1 fully saturated rings. The number of anilines is 1. The van der Waals surface area contributed by atoms with E-state index in [1.54, 1.807) is 23.1 Å². The number of ether oxygens (including phenoxy) is 1. The van der Waals surface area contributed by atoms with Crippen LogP contribution >= 0.6 is 0 Å². The molecule has 2 aromatic carbocycles. The highest BCUT2D eigenvalue weighted by Crippen LogP contribution is 2.22. The summed E-state index contributed by atoms with van der Waals surface area (Å²) in [6, 6.07) is 11.0. The second-order valence-electron chi connectivity index (χ2n) is 5.51. The Labute approximate surface area is 145 Å². The van der Waals surface area contributed by atoms with Crippen molar-refractivity contribution in [3.8, 4) is 0 Å². The van der Waals surface area contributed by atoms with E-state index < -0.39 is 15.8 Å². The number of para-hydroxylation sites is 1. The van der Waals surface area contributed by atoms with Gasteiger partial charge in [0.2, 0.25) is 0 Å². The third-order valence-electron chi connectivity index (χ3n) is 3.81. The van der Waals surface area contributed by atoms with E-state index >= 15 is 0 Å². The number of amides is 1. The zero-order chi connectivity index (χ0) is 17.9. The second kappa shape index (κ2) is 7.20. The van der Waals surface area contributed by atoms with Crippen molar-refractivity contribution in [1.29, 1.82) is 0 Å². The molecule has 1 aliphatic rings. The van der Waals surface area contributed by atoms with Crippen LogP contribution in [-0.4, -0.2) is 45.5 Å². The average molecular weight is 364 g/mol. The molecule has 3 rings (SSSR count). The summed E-state index contributed by atoms with van der Waals surface area (Å²) in [4.78, 5) is 14.1. The van der Waals surface area contributed by atoms with Gasteiger partial charge in [0.05, 0.1) is 29.4 Å². The lowest BCUT2D eigenvalue weighted by Crippen LogP contribution is -2.41. The Bertz CT molecular complexity index is 880. The maximum atomic E-state index is 13.3. The Hall–Kier alpha value is -2.45. The molecule has 2 aromatic rings. The highest BCUT2D eigenvalue weighted by atomic mass is 32.2. The average Bonchev–Trinajstić information content (AvgIpc) is 2.62. The number of hydrogen-bond donors (Lipinski definition) is 1. The first-order chi connectivity index (χ1) is 12.0. The van der Waals surface area contributed by atoms with Gasteiger partial charge in [0.15, 0.2) is 0 Å². The van der Waals surface area contributed by atoms with E-state index in [4.69, 9.17) is 4.74 Å². The quantitative estimate of drug-likeness (QED) is 0.901. The second-order valence-corrected chi connectivity index (χ2v) is 7.20. The molecule has 0 radical (unpaired) electrons. The van der Waals surface area contributed by atoms with E-state index in [0.717, 1.165) is 12.1 Å². The first kappa shape index (κ1) is 17.4. The molecule has 6 nitrogen and oxygen atoms in total. The summed E-state index contributed by atoms with van der Waals surface area (Å²) in [7, 11) is -4.01. The van der Waals surface area contributed by atoms with Gasteiger partial charge in [0.1, 0.15) is 5.82 Å². The van der Waals surface area contributed by atoms with Crippen LogP contribution < -0.4 is 4.72 Å². The predicted molar refractivity (Wildman–Crippen MR) is 90.4 cm³/mol. The molecule has 1 heterocycles. The summed E-state index contributed by atoms with van der Waals surface area (Å²) in [6.45, 7) is 1.79. The summed E-state index contributed by atoms with van der Waals surface area (Å²) in [5, 5.41) is 0. The van der Waals surface area contributed by atoms with Crippen LogP contribution in [0.1, 0.15) is 10.4 Å². The minimum atomic E-state index is -4.01. The van der Waals surface area contributed by atoms with Gasteiger partial charge in [-0.15, -0.1) is 0 Å². The maximum absolute atomic E-state index is 13.3. The SMILES string of the molecule is O=C(c1ccccc1NS(=O)(=O)c1cccc(F)c1)N1CCOCC1. The molecular formula is C17H17FN2O4S. The smallest absolute Gasteiger partial charge is 0.262 e. The number of morpholine rings is 1. The van der Waals surface area contributed by atoms with Gasteiger partial charge >= 0.3 is 0 Å². The Balaban J connectivity index is 1.89. The molecule has 1 amide bonds. The topological polar surface area (TPSA) is 75.7 Å². The van der Waals surface area contributed by atoms with Gasteiger partial charge < -0.3 is 9.64 Å². The van der Waals surface area contributed by atoms with Crippen molar-refractivity contribution in [1.82, 2.24) is 4.90 Å². The largest absolute Gasteiger partial charge is 0.378 e. The number of nitrogens with one attached hydrogen (secondary N) is 1. The maximum Gasteiger partial charge on any atom is 0.262 e. The number of rotatable bonds is 4. The van der Waals surface area contributed by atoms with Crippen LogP contribution in [-0.2, 0) is 14.8 Å². The Kier molecular flexibility index (Phi) is 5.00. The number of carbonyl (C=O) groups excluding carboxylic acids is 1. The van der Waals surface area contributed by atoms with E-state index in [1.165, 1.54) is 18.2 Å². The van der Waals surface area contributed by atoms with E-state index in [2.05, 4.69) is 4.72 Å². The molecule has 1 aliphatic heterocycles. The van der Waals surface area contributed by atoms with Gasteiger partial charge in [0.25, 0.3) is 15.9 Å². The summed E-state index contributed by atoms with van der Waals surface area (Å²) in [6.07, 6.45) is 0. The van der Waals surface area contributed by atoms with Crippen molar-refractivity contribution in [3.63, 3.8) is 0 Å². The van der Waals surface area contributed by atoms with Gasteiger partial charge in [0, 0.05) is 13.1 Å². The molecule has 0 bridgehead atoms. The van der Waals surface area contributed by atoms with E-state index in [-0.39, 0.29) is 22.1 Å². The Morgan fingerprint density at radius 2 is 1.80 bits per heavy atom. The predicted octanol–water partition coefficient (Wildman–Crippen LogP) is 2.10. The molecule has 0 spiro atoms. The molecule has 0 atom stereocenters. The van der Waals surface area contributed by atoms with Crippen molar-refractivity contribution in [2.24, 2.45) is 0 Å². The van der Waals surface area contributed by atoms with Gasteiger partial charge in [-0.2, -0.15) is 0 Å². The molecule has 1 N–H and O–H groups in total. The van der Waals surface area contributed by atoms with Gasteiger partial charge in [-0.3, -0.25) is 9.52 Å². The highest BCUT2D eigenvalue weighted by Gasteiger charge is 2.23. The molecule has 0 unspecified atom stereocenters. The van der Waals surface area contributed by atoms with Crippen LogP contribution in [0.3, 0.4) is 0 Å². The van der Waals surface area contributed by atoms with Gasteiger partial charge in [-0.05, 0) is 30.3 Å². The molecular weight excluding hydrogens is 347 g/mol. The Morgan fingerprint density at radius 1 is 1.08 bits per heavy atom. The van der Waals surface area contributed by atoms with Crippen LogP contribution in [0.5, 0.6) is 0 Å². The minimum Gasteiger partial charge on any atom is -0.378 e. The lowest BCUT2D eigenvalue weighted by molar-refractivity contribution is 0.0303. The van der Waals surface area contributed by atoms with Crippen LogP contribution in [0, 0.1) is 5.82 Å². The summed E-state index contributed by atoms with van der Waals surface area (Å²) in [5.41, 5.74) is 0.396. The van der Waals surface area contributed by atoms with Crippen molar-refractivity contribution < 1.29 is 22.3 Å². The fourth-order valence-corrected chi connectivity index (χ4v) is 3.64. The van der Waals surface area contributed by atoms with Crippen LogP contribution in [0.2, 0.25) is 0 Å². The Morgan fingerprint density at radius 3 is 2.52 bits per heavy atom. The molecule has 25 heavy (non-hydrogen) atoms. The fourth-order valence-electron chi connectivity index (χ4n) is 2.53. The van der Waals surface area contributed by atoms with Crippen molar-refractivity contribution in [2.45, 2.75) is 4.90 Å². The molecule has 1 saturated heterocycles. The summed E-state index contributed by atoms with van der Waals surface area (Å²) in [5.74, 6) is -0.929. The first-order valence-electron chi connectivity index (χ1n) is 7.72.